The van der Waals surface area contributed by atoms with E-state index in [0.717, 1.165) is 25.9 Å². The quantitative estimate of drug-likeness (QED) is 0.860. The van der Waals surface area contributed by atoms with Gasteiger partial charge in [-0.05, 0) is 55.1 Å². The maximum Gasteiger partial charge on any atom is 0.227 e. The Morgan fingerprint density at radius 1 is 1.14 bits per heavy atom. The number of carbonyl (C=O) groups excluding carboxylic acids is 1. The lowest BCUT2D eigenvalue weighted by molar-refractivity contribution is -0.138. The van der Waals surface area contributed by atoms with Gasteiger partial charge in [-0.25, -0.2) is 0 Å². The van der Waals surface area contributed by atoms with Crippen molar-refractivity contribution in [1.82, 2.24) is 4.90 Å². The number of carbonyl (C=O) groups is 1. The number of rotatable bonds is 1. The van der Waals surface area contributed by atoms with Crippen molar-refractivity contribution in [3.63, 3.8) is 0 Å². The van der Waals surface area contributed by atoms with Gasteiger partial charge >= 0.3 is 0 Å². The molecule has 4 rings (SSSR count). The molecule has 2 N–H and O–H groups in total. The summed E-state index contributed by atoms with van der Waals surface area (Å²) < 4.78 is 0. The van der Waals surface area contributed by atoms with Crippen LogP contribution in [0, 0.1) is 17.8 Å². The van der Waals surface area contributed by atoms with E-state index in [-0.39, 0.29) is 12.0 Å². The summed E-state index contributed by atoms with van der Waals surface area (Å²) >= 11 is 0. The molecule has 21 heavy (non-hydrogen) atoms. The summed E-state index contributed by atoms with van der Waals surface area (Å²) in [6, 6.07) is 8.65. The van der Waals surface area contributed by atoms with Gasteiger partial charge in [0, 0.05) is 19.1 Å². The summed E-state index contributed by atoms with van der Waals surface area (Å²) in [5.41, 5.74) is 9.08. The molecule has 4 atom stereocenters. The molecule has 0 saturated heterocycles. The zero-order chi connectivity index (χ0) is 14.4. The van der Waals surface area contributed by atoms with Crippen LogP contribution >= 0.6 is 0 Å². The molecule has 2 aliphatic carbocycles. The van der Waals surface area contributed by atoms with Crippen LogP contribution in [-0.4, -0.2) is 23.4 Å². The van der Waals surface area contributed by atoms with Gasteiger partial charge in [0.1, 0.15) is 0 Å². The fourth-order valence-electron chi connectivity index (χ4n) is 4.80. The largest absolute Gasteiger partial charge is 0.338 e. The Morgan fingerprint density at radius 2 is 1.90 bits per heavy atom. The van der Waals surface area contributed by atoms with Gasteiger partial charge in [-0.15, -0.1) is 0 Å². The monoisotopic (exact) mass is 284 g/mol. The predicted molar refractivity (Wildman–Crippen MR) is 82.5 cm³/mol. The first-order chi connectivity index (χ1) is 10.2. The highest BCUT2D eigenvalue weighted by atomic mass is 16.2. The maximum absolute atomic E-state index is 13.0. The number of benzene rings is 1. The van der Waals surface area contributed by atoms with Crippen molar-refractivity contribution in [2.45, 2.75) is 44.7 Å². The van der Waals surface area contributed by atoms with Crippen LogP contribution in [0.1, 0.15) is 36.8 Å². The fraction of sp³-hybridized carbons (Fsp3) is 0.611. The summed E-state index contributed by atoms with van der Waals surface area (Å²) in [4.78, 5) is 15.1. The van der Waals surface area contributed by atoms with Gasteiger partial charge < -0.3 is 10.6 Å². The molecule has 2 fully saturated rings. The van der Waals surface area contributed by atoms with Crippen molar-refractivity contribution in [3.8, 4) is 0 Å². The highest BCUT2D eigenvalue weighted by Crippen LogP contribution is 2.48. The Bertz CT molecular complexity index is 554. The molecule has 1 aromatic rings. The maximum atomic E-state index is 13.0. The molecule has 3 heteroatoms. The van der Waals surface area contributed by atoms with Crippen LogP contribution in [0.3, 0.4) is 0 Å². The van der Waals surface area contributed by atoms with E-state index in [0.29, 0.717) is 17.7 Å². The zero-order valence-corrected chi connectivity index (χ0v) is 12.5. The molecule has 2 saturated carbocycles. The van der Waals surface area contributed by atoms with E-state index in [1.165, 1.54) is 30.4 Å². The number of aryl methyl sites for hydroxylation is 1. The minimum Gasteiger partial charge on any atom is -0.338 e. The molecule has 1 amide bonds. The third kappa shape index (κ3) is 2.18. The Morgan fingerprint density at radius 3 is 2.67 bits per heavy atom. The number of amides is 1. The summed E-state index contributed by atoms with van der Waals surface area (Å²) in [6.07, 6.45) is 5.78. The molecule has 3 nitrogen and oxygen atoms in total. The van der Waals surface area contributed by atoms with Gasteiger partial charge in [0.15, 0.2) is 0 Å². The van der Waals surface area contributed by atoms with Crippen LogP contribution in [0.15, 0.2) is 24.3 Å². The topological polar surface area (TPSA) is 46.3 Å². The molecular formula is C18H24N2O. The molecule has 0 spiro atoms. The zero-order valence-electron chi connectivity index (χ0n) is 12.5. The van der Waals surface area contributed by atoms with E-state index in [2.05, 4.69) is 29.2 Å². The highest BCUT2D eigenvalue weighted by Gasteiger charge is 2.50. The van der Waals surface area contributed by atoms with Crippen molar-refractivity contribution in [1.29, 1.82) is 0 Å². The lowest BCUT2D eigenvalue weighted by atomic mass is 9.84. The molecule has 1 heterocycles. The number of nitrogens with two attached hydrogens (primary N) is 1. The molecule has 2 bridgehead atoms. The average molecular weight is 284 g/mol. The van der Waals surface area contributed by atoms with Gasteiger partial charge in [-0.3, -0.25) is 4.79 Å². The van der Waals surface area contributed by atoms with E-state index in [1.807, 2.05) is 0 Å². The standard InChI is InChI=1S/C18H24N2O/c19-17-14-8-7-13(10-14)16(17)18(21)20-9-3-6-12-4-1-2-5-15(12)11-20/h1-2,4-5,13-14,16-17H,3,6-11,19H2. The molecule has 0 aromatic heterocycles. The molecular weight excluding hydrogens is 260 g/mol. The van der Waals surface area contributed by atoms with E-state index < -0.39 is 0 Å². The van der Waals surface area contributed by atoms with Crippen LogP contribution < -0.4 is 5.73 Å². The minimum atomic E-state index is 0.0917. The Kier molecular flexibility index (Phi) is 3.26. The van der Waals surface area contributed by atoms with Crippen LogP contribution in [0.5, 0.6) is 0 Å². The van der Waals surface area contributed by atoms with Gasteiger partial charge in [-0.1, -0.05) is 24.3 Å². The van der Waals surface area contributed by atoms with Crippen molar-refractivity contribution in [3.05, 3.63) is 35.4 Å². The Balaban J connectivity index is 1.55. The second-order valence-electron chi connectivity index (χ2n) is 7.07. The SMILES string of the molecule is NC1C2CCC(C2)C1C(=O)N1CCCc2ccccc2C1. The van der Waals surface area contributed by atoms with Crippen LogP contribution in [0.25, 0.3) is 0 Å². The number of nitrogens with zero attached hydrogens (tertiary/aromatic N) is 1. The molecule has 112 valence electrons. The van der Waals surface area contributed by atoms with E-state index >= 15 is 0 Å². The van der Waals surface area contributed by atoms with E-state index in [9.17, 15) is 4.79 Å². The fourth-order valence-corrected chi connectivity index (χ4v) is 4.80. The number of fused-ring (bicyclic) bond motifs is 3. The normalized spacial score (nSPS) is 34.6. The smallest absolute Gasteiger partial charge is 0.227 e. The molecule has 3 aliphatic rings. The lowest BCUT2D eigenvalue weighted by Gasteiger charge is -2.32. The summed E-state index contributed by atoms with van der Waals surface area (Å²) in [5.74, 6) is 1.57. The molecule has 1 aliphatic heterocycles. The van der Waals surface area contributed by atoms with Crippen LogP contribution in [0.4, 0.5) is 0 Å². The number of hydrogen-bond donors (Lipinski definition) is 1. The molecule has 1 aromatic carbocycles. The first kappa shape index (κ1) is 13.3. The van der Waals surface area contributed by atoms with Crippen molar-refractivity contribution < 1.29 is 4.79 Å². The summed E-state index contributed by atoms with van der Waals surface area (Å²) in [6.45, 7) is 1.66. The first-order valence-electron chi connectivity index (χ1n) is 8.35. The third-order valence-corrected chi connectivity index (χ3v) is 5.93. The summed E-state index contributed by atoms with van der Waals surface area (Å²) in [7, 11) is 0. The second-order valence-corrected chi connectivity index (χ2v) is 7.07. The van der Waals surface area contributed by atoms with Gasteiger partial charge in [0.25, 0.3) is 0 Å². The van der Waals surface area contributed by atoms with Crippen molar-refractivity contribution in [2.75, 3.05) is 6.54 Å². The highest BCUT2D eigenvalue weighted by molar-refractivity contribution is 5.80. The van der Waals surface area contributed by atoms with Crippen LogP contribution in [0.2, 0.25) is 0 Å². The van der Waals surface area contributed by atoms with Crippen molar-refractivity contribution >= 4 is 5.91 Å². The average Bonchev–Trinajstić information content (AvgIpc) is 3.00. The third-order valence-electron chi connectivity index (χ3n) is 5.93. The summed E-state index contributed by atoms with van der Waals surface area (Å²) in [5, 5.41) is 0. The van der Waals surface area contributed by atoms with Gasteiger partial charge in [0.05, 0.1) is 5.92 Å². The number of hydrogen-bond acceptors (Lipinski definition) is 2. The predicted octanol–water partition coefficient (Wildman–Crippen LogP) is 2.33. The van der Waals surface area contributed by atoms with E-state index in [1.54, 1.807) is 0 Å². The van der Waals surface area contributed by atoms with Crippen molar-refractivity contribution in [2.24, 2.45) is 23.5 Å². The Labute approximate surface area is 126 Å². The Hall–Kier alpha value is -1.35. The first-order valence-corrected chi connectivity index (χ1v) is 8.35. The van der Waals surface area contributed by atoms with Crippen LogP contribution in [-0.2, 0) is 17.8 Å². The minimum absolute atomic E-state index is 0.0917. The molecule has 0 radical (unpaired) electrons. The lowest BCUT2D eigenvalue weighted by Crippen LogP contribution is -2.46. The second kappa shape index (κ2) is 5.13. The molecule has 4 unspecified atom stereocenters. The van der Waals surface area contributed by atoms with E-state index in [4.69, 9.17) is 5.73 Å². The van der Waals surface area contributed by atoms with Gasteiger partial charge in [-0.2, -0.15) is 0 Å². The van der Waals surface area contributed by atoms with Gasteiger partial charge in [0.2, 0.25) is 5.91 Å².